The number of hydrogen-bond donors (Lipinski definition) is 3. The number of allylic oxidation sites excluding steroid dienone is 2. The Kier molecular flexibility index (Phi) is 16.7. The van der Waals surface area contributed by atoms with Gasteiger partial charge in [0.2, 0.25) is 5.91 Å². The summed E-state index contributed by atoms with van der Waals surface area (Å²) in [6.07, 6.45) is 7.82. The average molecular weight is 795 g/mol. The second-order valence-electron chi connectivity index (χ2n) is 13.0. The van der Waals surface area contributed by atoms with Crippen LogP contribution >= 0.6 is 0 Å². The zero-order valence-corrected chi connectivity index (χ0v) is 31.0. The van der Waals surface area contributed by atoms with Gasteiger partial charge >= 0.3 is 11.9 Å². The molecule has 0 radical (unpaired) electrons. The summed E-state index contributed by atoms with van der Waals surface area (Å²) >= 11 is 0. The van der Waals surface area contributed by atoms with Crippen molar-refractivity contribution >= 4 is 23.9 Å². The number of nitrogens with zero attached hydrogens (tertiary/aromatic N) is 1. The SMILES string of the molecule is COc1cc(/C=C/C(=O)Oc2cccc(CO[N+](=O)[O-])c2)ccc1OC(=O)CNC(=O)CCC/C=C\C[C@@H]1[C@@H](/C=C/C(F)(F)COc2ccccc2)[C@H](O)C[C@@H]1O. The van der Waals surface area contributed by atoms with Gasteiger partial charge in [-0.3, -0.25) is 4.79 Å². The van der Waals surface area contributed by atoms with Gasteiger partial charge in [0.05, 0.1) is 19.3 Å². The van der Waals surface area contributed by atoms with E-state index in [0.29, 0.717) is 36.1 Å². The van der Waals surface area contributed by atoms with Crippen LogP contribution in [0.2, 0.25) is 0 Å². The van der Waals surface area contributed by atoms with Crippen molar-refractivity contribution in [2.75, 3.05) is 20.3 Å². The number of benzene rings is 3. The van der Waals surface area contributed by atoms with Crippen molar-refractivity contribution in [3.8, 4) is 23.0 Å². The Labute approximate surface area is 327 Å². The summed E-state index contributed by atoms with van der Waals surface area (Å²) in [5, 5.41) is 32.9. The number of nitrogens with one attached hydrogen (secondary N) is 1. The van der Waals surface area contributed by atoms with Gasteiger partial charge in [-0.1, -0.05) is 54.6 Å². The molecule has 3 aromatic carbocycles. The second-order valence-corrected chi connectivity index (χ2v) is 13.0. The number of hydrogen-bond acceptors (Lipinski definition) is 12. The summed E-state index contributed by atoms with van der Waals surface area (Å²) in [4.78, 5) is 51.8. The van der Waals surface area contributed by atoms with E-state index in [1.165, 1.54) is 43.5 Å². The number of aliphatic hydroxyl groups is 2. The molecular formula is C41H44F2N2O12. The molecular weight excluding hydrogens is 750 g/mol. The summed E-state index contributed by atoms with van der Waals surface area (Å²) in [7, 11) is 1.36. The van der Waals surface area contributed by atoms with Gasteiger partial charge in [-0.15, -0.1) is 10.1 Å². The Hall–Kier alpha value is -6.13. The number of amides is 1. The molecule has 16 heteroatoms. The third kappa shape index (κ3) is 15.1. The summed E-state index contributed by atoms with van der Waals surface area (Å²) < 4.78 is 50.0. The molecule has 3 aromatic rings. The van der Waals surface area contributed by atoms with Crippen molar-refractivity contribution in [1.82, 2.24) is 5.32 Å². The fraction of sp³-hybridized carbons (Fsp3) is 0.341. The lowest BCUT2D eigenvalue weighted by atomic mass is 9.89. The van der Waals surface area contributed by atoms with Crippen LogP contribution in [0.3, 0.4) is 0 Å². The minimum atomic E-state index is -3.28. The van der Waals surface area contributed by atoms with Crippen LogP contribution in [0.25, 0.3) is 6.08 Å². The number of alkyl halides is 2. The van der Waals surface area contributed by atoms with Crippen LogP contribution in [-0.4, -0.2) is 71.5 Å². The molecule has 4 rings (SSSR count). The van der Waals surface area contributed by atoms with E-state index in [0.717, 1.165) is 12.2 Å². The quantitative estimate of drug-likeness (QED) is 0.0224. The van der Waals surface area contributed by atoms with E-state index in [1.807, 2.05) is 6.08 Å². The third-order valence-corrected chi connectivity index (χ3v) is 8.71. The largest absolute Gasteiger partial charge is 0.493 e. The normalized spacial score (nSPS) is 18.1. The zero-order valence-electron chi connectivity index (χ0n) is 31.0. The molecule has 0 bridgehead atoms. The fourth-order valence-electron chi connectivity index (χ4n) is 5.88. The van der Waals surface area contributed by atoms with E-state index in [2.05, 4.69) is 10.2 Å². The Balaban J connectivity index is 1.15. The zero-order chi connectivity index (χ0) is 41.2. The van der Waals surface area contributed by atoms with Crippen molar-refractivity contribution in [2.24, 2.45) is 11.8 Å². The monoisotopic (exact) mass is 794 g/mol. The van der Waals surface area contributed by atoms with Gasteiger partial charge < -0.3 is 39.3 Å². The maximum Gasteiger partial charge on any atom is 0.336 e. The maximum absolute atomic E-state index is 14.5. The lowest BCUT2D eigenvalue weighted by molar-refractivity contribution is -0.763. The van der Waals surface area contributed by atoms with Crippen LogP contribution in [0, 0.1) is 22.0 Å². The van der Waals surface area contributed by atoms with Crippen molar-refractivity contribution < 1.29 is 62.2 Å². The van der Waals surface area contributed by atoms with E-state index in [-0.39, 0.29) is 42.6 Å². The highest BCUT2D eigenvalue weighted by atomic mass is 19.3. The molecule has 1 aliphatic carbocycles. The van der Waals surface area contributed by atoms with Crippen LogP contribution in [0.1, 0.15) is 43.2 Å². The smallest absolute Gasteiger partial charge is 0.336 e. The van der Waals surface area contributed by atoms with Gasteiger partial charge in [-0.2, -0.15) is 8.78 Å². The number of halogens is 2. The first kappa shape index (κ1) is 43.6. The van der Waals surface area contributed by atoms with Crippen molar-refractivity contribution in [3.05, 3.63) is 124 Å². The molecule has 0 heterocycles. The number of carbonyl (C=O) groups is 3. The lowest BCUT2D eigenvalue weighted by Gasteiger charge is -2.20. The van der Waals surface area contributed by atoms with Gasteiger partial charge in [-0.05, 0) is 84.9 Å². The maximum atomic E-state index is 14.5. The highest BCUT2D eigenvalue weighted by molar-refractivity contribution is 5.89. The molecule has 1 saturated carbocycles. The predicted octanol–water partition coefficient (Wildman–Crippen LogP) is 5.79. The number of rotatable bonds is 21. The standard InChI is InChI=1S/C41H44F2N2O12/c1-53-37-23-28(17-19-39(49)56-31-13-9-10-29(22-31)26-55-45(51)52)16-18-36(37)57-40(50)25-44-38(48)15-8-3-2-7-14-32-33(35(47)24-34(32)46)20-21-41(42,43)27-54-30-11-5-4-6-12-30/h2,4-7,9-13,16-23,32-35,46-47H,3,8,14-15,24-27H2,1H3,(H,44,48)/b7-2-,19-17+,21-20+/t32-,33-,34+,35-/m1/s1. The number of unbranched alkanes of at least 4 members (excludes halogenated alkanes) is 1. The molecule has 304 valence electrons. The van der Waals surface area contributed by atoms with E-state index in [4.69, 9.17) is 18.9 Å². The Bertz CT molecular complexity index is 1900. The first-order chi connectivity index (χ1) is 27.3. The van der Waals surface area contributed by atoms with Crippen molar-refractivity contribution in [2.45, 2.75) is 56.8 Å². The van der Waals surface area contributed by atoms with Crippen LogP contribution in [-0.2, 0) is 25.8 Å². The Morgan fingerprint density at radius 1 is 0.965 bits per heavy atom. The van der Waals surface area contributed by atoms with Crippen LogP contribution < -0.4 is 24.3 Å². The first-order valence-corrected chi connectivity index (χ1v) is 18.0. The Morgan fingerprint density at radius 3 is 2.49 bits per heavy atom. The highest BCUT2D eigenvalue weighted by Crippen LogP contribution is 2.37. The molecule has 0 saturated heterocycles. The van der Waals surface area contributed by atoms with Crippen molar-refractivity contribution in [1.29, 1.82) is 0 Å². The van der Waals surface area contributed by atoms with E-state index >= 15 is 0 Å². The Morgan fingerprint density at radius 2 is 1.74 bits per heavy atom. The molecule has 1 fully saturated rings. The third-order valence-electron chi connectivity index (χ3n) is 8.71. The van der Waals surface area contributed by atoms with Gasteiger partial charge in [0.15, 0.2) is 18.1 Å². The number of aliphatic hydroxyl groups excluding tert-OH is 2. The number of ether oxygens (including phenoxy) is 4. The predicted molar refractivity (Wildman–Crippen MR) is 202 cm³/mol. The van der Waals surface area contributed by atoms with Gasteiger partial charge in [-0.25, -0.2) is 9.59 Å². The molecule has 0 unspecified atom stereocenters. The molecule has 0 spiro atoms. The average Bonchev–Trinajstić information content (AvgIpc) is 3.46. The van der Waals surface area contributed by atoms with Crippen LogP contribution in [0.4, 0.5) is 8.78 Å². The first-order valence-electron chi connectivity index (χ1n) is 18.0. The molecule has 4 atom stereocenters. The summed E-state index contributed by atoms with van der Waals surface area (Å²) in [6.45, 7) is -1.57. The number of methoxy groups -OCH3 is 1. The summed E-state index contributed by atoms with van der Waals surface area (Å²) in [6, 6.07) is 18.8. The molecule has 0 aliphatic heterocycles. The lowest BCUT2D eigenvalue weighted by Crippen LogP contribution is -2.31. The number of carbonyl (C=O) groups excluding carboxylic acids is 3. The molecule has 3 N–H and O–H groups in total. The van der Waals surface area contributed by atoms with Crippen molar-refractivity contribution in [3.63, 3.8) is 0 Å². The molecule has 57 heavy (non-hydrogen) atoms. The number of para-hydroxylation sites is 1. The molecule has 0 aromatic heterocycles. The molecule has 1 amide bonds. The summed E-state index contributed by atoms with van der Waals surface area (Å²) in [5.74, 6) is -5.52. The van der Waals surface area contributed by atoms with E-state index < -0.39 is 60.1 Å². The topological polar surface area (TPSA) is 193 Å². The van der Waals surface area contributed by atoms with Crippen LogP contribution in [0.5, 0.6) is 23.0 Å². The minimum Gasteiger partial charge on any atom is -0.493 e. The minimum absolute atomic E-state index is 0.0726. The van der Waals surface area contributed by atoms with Gasteiger partial charge in [0.25, 0.3) is 11.0 Å². The van der Waals surface area contributed by atoms with E-state index in [1.54, 1.807) is 54.6 Å². The molecule has 14 nitrogen and oxygen atoms in total. The van der Waals surface area contributed by atoms with Crippen LogP contribution in [0.15, 0.2) is 103 Å². The highest BCUT2D eigenvalue weighted by Gasteiger charge is 2.40. The summed E-state index contributed by atoms with van der Waals surface area (Å²) in [5.41, 5.74) is 0.945. The van der Waals surface area contributed by atoms with Gasteiger partial charge in [0.1, 0.15) is 24.7 Å². The van der Waals surface area contributed by atoms with Gasteiger partial charge in [0, 0.05) is 24.8 Å². The van der Waals surface area contributed by atoms with E-state index in [9.17, 15) is 43.5 Å². The second kappa shape index (κ2) is 21.8. The number of esters is 2. The fourth-order valence-corrected chi connectivity index (χ4v) is 5.88. The molecule has 1 aliphatic rings.